The molecule has 0 bridgehead atoms. The van der Waals surface area contributed by atoms with Gasteiger partial charge in [0.15, 0.2) is 11.5 Å². The van der Waals surface area contributed by atoms with Crippen LogP contribution in [0.25, 0.3) is 0 Å². The number of ether oxygens (including phenoxy) is 2. The Morgan fingerprint density at radius 1 is 0.955 bits per heavy atom. The summed E-state index contributed by atoms with van der Waals surface area (Å²) < 4.78 is 54.1. The minimum Gasteiger partial charge on any atom is -0.486 e. The summed E-state index contributed by atoms with van der Waals surface area (Å²) in [6, 6.07) is 12.6. The number of amides is 2. The topological polar surface area (TPSA) is 105 Å². The average Bonchev–Trinajstić information content (AvgIpc) is 3.00. The predicted molar refractivity (Wildman–Crippen MR) is 167 cm³/mol. The second-order valence-corrected chi connectivity index (χ2v) is 13.0. The number of halogens is 3. The minimum absolute atomic E-state index is 0.0521. The maximum Gasteiger partial charge on any atom is 0.264 e. The first-order chi connectivity index (χ1) is 20.9. The molecule has 4 rings (SSSR count). The smallest absolute Gasteiger partial charge is 0.264 e. The van der Waals surface area contributed by atoms with E-state index in [9.17, 15) is 22.4 Å². The van der Waals surface area contributed by atoms with Crippen LogP contribution in [0.4, 0.5) is 10.1 Å². The zero-order chi connectivity index (χ0) is 32.0. The monoisotopic (exact) mass is 665 g/mol. The Kier molecular flexibility index (Phi) is 11.0. The van der Waals surface area contributed by atoms with E-state index in [1.165, 1.54) is 41.3 Å². The molecule has 44 heavy (non-hydrogen) atoms. The van der Waals surface area contributed by atoms with Crippen molar-refractivity contribution in [1.29, 1.82) is 0 Å². The Hall–Kier alpha value is -3.54. The molecule has 0 spiro atoms. The van der Waals surface area contributed by atoms with Gasteiger partial charge in [0.1, 0.15) is 31.6 Å². The molecule has 0 saturated carbocycles. The fourth-order valence-electron chi connectivity index (χ4n) is 4.64. The average molecular weight is 667 g/mol. The number of nitrogens with one attached hydrogen (secondary N) is 1. The van der Waals surface area contributed by atoms with Crippen LogP contribution in [-0.4, -0.2) is 57.0 Å². The molecule has 1 aliphatic rings. The van der Waals surface area contributed by atoms with E-state index in [2.05, 4.69) is 5.32 Å². The van der Waals surface area contributed by atoms with Gasteiger partial charge in [-0.1, -0.05) is 43.1 Å². The molecule has 236 valence electrons. The van der Waals surface area contributed by atoms with Gasteiger partial charge in [0.25, 0.3) is 10.0 Å². The summed E-state index contributed by atoms with van der Waals surface area (Å²) in [6.45, 7) is 5.31. The molecular weight excluding hydrogens is 632 g/mol. The normalized spacial score (nSPS) is 14.0. The van der Waals surface area contributed by atoms with Gasteiger partial charge in [-0.15, -0.1) is 0 Å². The molecule has 2 amide bonds. The van der Waals surface area contributed by atoms with E-state index in [0.29, 0.717) is 29.4 Å². The van der Waals surface area contributed by atoms with Crippen LogP contribution in [0.15, 0.2) is 65.6 Å². The molecule has 1 N–H and O–H groups in total. The molecule has 3 aromatic rings. The number of anilines is 1. The van der Waals surface area contributed by atoms with Crippen molar-refractivity contribution in [2.75, 3.05) is 24.1 Å². The number of benzene rings is 3. The molecular formula is C31H34Cl2FN3O6S. The van der Waals surface area contributed by atoms with E-state index < -0.39 is 34.3 Å². The highest BCUT2D eigenvalue weighted by Gasteiger charge is 2.35. The third-order valence-corrected chi connectivity index (χ3v) is 9.59. The molecule has 0 radical (unpaired) electrons. The van der Waals surface area contributed by atoms with Crippen molar-refractivity contribution in [2.45, 2.75) is 57.1 Å². The lowest BCUT2D eigenvalue weighted by Crippen LogP contribution is -2.53. The van der Waals surface area contributed by atoms with Gasteiger partial charge in [0, 0.05) is 28.7 Å². The molecule has 2 atom stereocenters. The maximum absolute atomic E-state index is 14.2. The summed E-state index contributed by atoms with van der Waals surface area (Å²) in [7, 11) is -4.41. The van der Waals surface area contributed by atoms with Crippen LogP contribution < -0.4 is 19.1 Å². The minimum atomic E-state index is -4.41. The second kappa shape index (κ2) is 14.5. The number of sulfonamides is 1. The first kappa shape index (κ1) is 33.4. The number of rotatable bonds is 12. The molecule has 3 aromatic carbocycles. The number of hydrogen-bond acceptors (Lipinski definition) is 6. The van der Waals surface area contributed by atoms with Crippen LogP contribution in [0.5, 0.6) is 11.5 Å². The molecule has 0 saturated heterocycles. The van der Waals surface area contributed by atoms with Crippen LogP contribution in [0.2, 0.25) is 10.0 Å². The van der Waals surface area contributed by atoms with Gasteiger partial charge < -0.3 is 19.7 Å². The van der Waals surface area contributed by atoms with Crippen molar-refractivity contribution >= 4 is 50.7 Å². The Bertz CT molecular complexity index is 1610. The van der Waals surface area contributed by atoms with E-state index >= 15 is 0 Å². The maximum atomic E-state index is 14.2. The fourth-order valence-corrected chi connectivity index (χ4v) is 6.54. The van der Waals surface area contributed by atoms with Gasteiger partial charge >= 0.3 is 0 Å². The second-order valence-electron chi connectivity index (χ2n) is 10.3. The summed E-state index contributed by atoms with van der Waals surface area (Å²) in [5, 5.41) is 3.59. The first-order valence-electron chi connectivity index (χ1n) is 14.2. The van der Waals surface area contributed by atoms with E-state index in [4.69, 9.17) is 32.7 Å². The van der Waals surface area contributed by atoms with Crippen LogP contribution in [0.1, 0.15) is 39.2 Å². The predicted octanol–water partition coefficient (Wildman–Crippen LogP) is 5.82. The van der Waals surface area contributed by atoms with Gasteiger partial charge in [-0.3, -0.25) is 13.9 Å². The lowest BCUT2D eigenvalue weighted by Gasteiger charge is -2.34. The van der Waals surface area contributed by atoms with Crippen LogP contribution in [0.3, 0.4) is 0 Å². The largest absolute Gasteiger partial charge is 0.486 e. The quantitative estimate of drug-likeness (QED) is 0.261. The molecule has 1 aliphatic heterocycles. The highest BCUT2D eigenvalue weighted by atomic mass is 35.5. The molecule has 9 nitrogen and oxygen atoms in total. The standard InChI is InChI=1S/C31H34Cl2FN3O6S/c1-4-20(3)35-31(39)27(5-2)36(18-21-6-7-22(32)16-26(21)33)30(38)19-37(24-10-8-23(34)9-11-24)44(40,41)25-12-13-28-29(17-25)43-15-14-42-28/h6-13,16-17,20,27H,4-5,14-15,18-19H2,1-3H3,(H,35,39)/t20-,27+/m1/s1. The number of fused-ring (bicyclic) bond motifs is 1. The summed E-state index contributed by atoms with van der Waals surface area (Å²) in [5.41, 5.74) is 0.568. The van der Waals surface area contributed by atoms with Crippen LogP contribution >= 0.6 is 23.2 Å². The third kappa shape index (κ3) is 7.75. The van der Waals surface area contributed by atoms with Crippen molar-refractivity contribution < 1.29 is 31.9 Å². The Morgan fingerprint density at radius 2 is 1.64 bits per heavy atom. The molecule has 0 unspecified atom stereocenters. The van der Waals surface area contributed by atoms with Gasteiger partial charge in [0.2, 0.25) is 11.8 Å². The molecule has 13 heteroatoms. The highest BCUT2D eigenvalue weighted by molar-refractivity contribution is 7.92. The number of nitrogens with zero attached hydrogens (tertiary/aromatic N) is 2. The highest BCUT2D eigenvalue weighted by Crippen LogP contribution is 2.34. The summed E-state index contributed by atoms with van der Waals surface area (Å²) in [5.74, 6) is -1.00. The number of carbonyl (C=O) groups excluding carboxylic acids is 2. The van der Waals surface area contributed by atoms with Gasteiger partial charge in [-0.25, -0.2) is 12.8 Å². The Balaban J connectivity index is 1.76. The summed E-state index contributed by atoms with van der Waals surface area (Å²) in [4.78, 5) is 28.8. The van der Waals surface area contributed by atoms with Gasteiger partial charge in [-0.05, 0) is 73.9 Å². The third-order valence-electron chi connectivity index (χ3n) is 7.24. The zero-order valence-electron chi connectivity index (χ0n) is 24.6. The fraction of sp³-hybridized carbons (Fsp3) is 0.355. The summed E-state index contributed by atoms with van der Waals surface area (Å²) >= 11 is 12.5. The van der Waals surface area contributed by atoms with Crippen LogP contribution in [0, 0.1) is 5.82 Å². The van der Waals surface area contributed by atoms with Crippen molar-refractivity contribution in [3.63, 3.8) is 0 Å². The lowest BCUT2D eigenvalue weighted by molar-refractivity contribution is -0.140. The SMILES string of the molecule is CC[C@@H](C)NC(=O)[C@H](CC)N(Cc1ccc(Cl)cc1Cl)C(=O)CN(c1ccc(F)cc1)S(=O)(=O)c1ccc2c(c1)OCCO2. The van der Waals surface area contributed by atoms with Gasteiger partial charge in [-0.2, -0.15) is 0 Å². The first-order valence-corrected chi connectivity index (χ1v) is 16.4. The van der Waals surface area contributed by atoms with Crippen molar-refractivity contribution in [2.24, 2.45) is 0 Å². The Labute approximate surface area is 266 Å². The molecule has 0 fully saturated rings. The van der Waals surface area contributed by atoms with E-state index in [1.54, 1.807) is 19.1 Å². The Morgan fingerprint density at radius 3 is 2.27 bits per heavy atom. The van der Waals surface area contributed by atoms with Gasteiger partial charge in [0.05, 0.1) is 10.6 Å². The van der Waals surface area contributed by atoms with Crippen molar-refractivity contribution in [3.8, 4) is 11.5 Å². The number of carbonyl (C=O) groups is 2. The summed E-state index contributed by atoms with van der Waals surface area (Å²) in [6.07, 6.45) is 0.913. The lowest BCUT2D eigenvalue weighted by atomic mass is 10.1. The molecule has 1 heterocycles. The number of hydrogen-bond donors (Lipinski definition) is 1. The van der Waals surface area contributed by atoms with E-state index in [-0.39, 0.29) is 52.9 Å². The molecule has 0 aromatic heterocycles. The van der Waals surface area contributed by atoms with E-state index in [0.717, 1.165) is 16.4 Å². The zero-order valence-corrected chi connectivity index (χ0v) is 26.9. The van der Waals surface area contributed by atoms with Crippen molar-refractivity contribution in [1.82, 2.24) is 10.2 Å². The van der Waals surface area contributed by atoms with Crippen molar-refractivity contribution in [3.05, 3.63) is 82.1 Å². The van der Waals surface area contributed by atoms with Crippen LogP contribution in [-0.2, 0) is 26.2 Å². The molecule has 0 aliphatic carbocycles. The van der Waals surface area contributed by atoms with E-state index in [1.807, 2.05) is 13.8 Å².